The lowest BCUT2D eigenvalue weighted by molar-refractivity contribution is 0.410. The zero-order chi connectivity index (χ0) is 13.9. The molecular formula is C17H16N2O. The van der Waals surface area contributed by atoms with E-state index in [2.05, 4.69) is 12.1 Å². The van der Waals surface area contributed by atoms with Crippen molar-refractivity contribution in [3.63, 3.8) is 0 Å². The van der Waals surface area contributed by atoms with E-state index >= 15 is 0 Å². The van der Waals surface area contributed by atoms with Crippen molar-refractivity contribution in [1.82, 2.24) is 4.98 Å². The second-order valence-corrected chi connectivity index (χ2v) is 4.62. The first-order chi connectivity index (χ1) is 9.81. The molecule has 100 valence electrons. The van der Waals surface area contributed by atoms with Crippen LogP contribution >= 0.6 is 0 Å². The fourth-order valence-corrected chi connectivity index (χ4v) is 2.32. The zero-order valence-corrected chi connectivity index (χ0v) is 11.3. The summed E-state index contributed by atoms with van der Waals surface area (Å²) in [6, 6.07) is 18.2. The van der Waals surface area contributed by atoms with E-state index < -0.39 is 0 Å². The molecule has 3 heteroatoms. The Hall–Kier alpha value is -2.39. The molecule has 3 rings (SSSR count). The minimum absolute atomic E-state index is 0.449. The first-order valence-electron chi connectivity index (χ1n) is 6.55. The van der Waals surface area contributed by atoms with Gasteiger partial charge in [-0.2, -0.15) is 0 Å². The number of para-hydroxylation sites is 1. The smallest absolute Gasteiger partial charge is 0.123 e. The van der Waals surface area contributed by atoms with Gasteiger partial charge in [0.2, 0.25) is 0 Å². The van der Waals surface area contributed by atoms with Gasteiger partial charge in [0.15, 0.2) is 0 Å². The van der Waals surface area contributed by atoms with Gasteiger partial charge >= 0.3 is 0 Å². The minimum atomic E-state index is 0.449. The average Bonchev–Trinajstić information content (AvgIpc) is 2.53. The lowest BCUT2D eigenvalue weighted by atomic mass is 10.1. The number of nitrogens with two attached hydrogens (primary N) is 1. The third kappa shape index (κ3) is 2.24. The molecule has 0 aliphatic rings. The van der Waals surface area contributed by atoms with Crippen LogP contribution in [0.4, 0.5) is 0 Å². The zero-order valence-electron chi connectivity index (χ0n) is 11.3. The summed E-state index contributed by atoms with van der Waals surface area (Å²) in [5.74, 6) is 0.817. The number of hydrogen-bond acceptors (Lipinski definition) is 3. The second kappa shape index (κ2) is 5.31. The van der Waals surface area contributed by atoms with Crippen molar-refractivity contribution < 1.29 is 4.74 Å². The average molecular weight is 264 g/mol. The molecule has 2 aromatic carbocycles. The molecule has 0 atom stereocenters. The van der Waals surface area contributed by atoms with Crippen LogP contribution in [0.3, 0.4) is 0 Å². The number of rotatable bonds is 3. The van der Waals surface area contributed by atoms with E-state index in [-0.39, 0.29) is 0 Å². The molecule has 0 amide bonds. The van der Waals surface area contributed by atoms with Gasteiger partial charge in [0.1, 0.15) is 5.75 Å². The molecule has 0 fully saturated rings. The Kier molecular flexibility index (Phi) is 3.35. The van der Waals surface area contributed by atoms with Crippen LogP contribution in [0.15, 0.2) is 54.6 Å². The van der Waals surface area contributed by atoms with E-state index in [1.165, 1.54) is 0 Å². The van der Waals surface area contributed by atoms with E-state index in [1.54, 1.807) is 7.11 Å². The molecule has 3 aromatic rings. The van der Waals surface area contributed by atoms with Crippen molar-refractivity contribution in [2.45, 2.75) is 6.54 Å². The Bertz CT molecular complexity index is 753. The van der Waals surface area contributed by atoms with E-state index in [0.29, 0.717) is 6.54 Å². The molecule has 0 aliphatic heterocycles. The van der Waals surface area contributed by atoms with Crippen LogP contribution in [0, 0.1) is 0 Å². The third-order valence-electron chi connectivity index (χ3n) is 3.39. The van der Waals surface area contributed by atoms with Crippen molar-refractivity contribution >= 4 is 10.9 Å². The highest BCUT2D eigenvalue weighted by Crippen LogP contribution is 2.26. The van der Waals surface area contributed by atoms with Gasteiger partial charge in [0.25, 0.3) is 0 Å². The van der Waals surface area contributed by atoms with Crippen LogP contribution in [0.25, 0.3) is 22.2 Å². The highest BCUT2D eigenvalue weighted by Gasteiger charge is 2.06. The number of fused-ring (bicyclic) bond motifs is 1. The predicted molar refractivity (Wildman–Crippen MR) is 81.6 cm³/mol. The number of methoxy groups -OCH3 is 1. The summed E-state index contributed by atoms with van der Waals surface area (Å²) in [5, 5.41) is 1.14. The second-order valence-electron chi connectivity index (χ2n) is 4.62. The molecule has 20 heavy (non-hydrogen) atoms. The molecule has 1 aromatic heterocycles. The van der Waals surface area contributed by atoms with E-state index in [4.69, 9.17) is 15.5 Å². The molecule has 0 saturated heterocycles. The highest BCUT2D eigenvalue weighted by atomic mass is 16.5. The van der Waals surface area contributed by atoms with Crippen molar-refractivity contribution in [3.8, 4) is 17.0 Å². The molecule has 0 unspecified atom stereocenters. The standard InChI is InChI=1S/C17H16N2O/c1-20-17-9-7-13(10-14(17)11-18)16-8-6-12-4-2-3-5-15(12)19-16/h2-10H,11,18H2,1H3. The summed E-state index contributed by atoms with van der Waals surface area (Å²) >= 11 is 0. The van der Waals surface area contributed by atoms with Gasteiger partial charge in [0, 0.05) is 23.1 Å². The first kappa shape index (κ1) is 12.6. The van der Waals surface area contributed by atoms with Crippen molar-refractivity contribution in [3.05, 3.63) is 60.2 Å². The number of nitrogens with zero attached hydrogens (tertiary/aromatic N) is 1. The van der Waals surface area contributed by atoms with Gasteiger partial charge in [-0.25, -0.2) is 4.98 Å². The normalized spacial score (nSPS) is 10.7. The Morgan fingerprint density at radius 2 is 1.90 bits per heavy atom. The molecular weight excluding hydrogens is 248 g/mol. The SMILES string of the molecule is COc1ccc(-c2ccc3ccccc3n2)cc1CN. The number of benzene rings is 2. The summed E-state index contributed by atoms with van der Waals surface area (Å²) in [4.78, 5) is 4.69. The molecule has 1 heterocycles. The van der Waals surface area contributed by atoms with Crippen LogP contribution in [0.1, 0.15) is 5.56 Å². The van der Waals surface area contributed by atoms with Gasteiger partial charge in [-0.3, -0.25) is 0 Å². The monoisotopic (exact) mass is 264 g/mol. The van der Waals surface area contributed by atoms with Crippen LogP contribution in [-0.4, -0.2) is 12.1 Å². The Morgan fingerprint density at radius 1 is 1.05 bits per heavy atom. The summed E-state index contributed by atoms with van der Waals surface area (Å²) in [7, 11) is 1.66. The van der Waals surface area contributed by atoms with Crippen LogP contribution in [0.2, 0.25) is 0 Å². The molecule has 0 aliphatic carbocycles. The largest absolute Gasteiger partial charge is 0.496 e. The quantitative estimate of drug-likeness (QED) is 0.789. The van der Waals surface area contributed by atoms with E-state index in [0.717, 1.165) is 33.5 Å². The van der Waals surface area contributed by atoms with Crippen LogP contribution in [0.5, 0.6) is 5.75 Å². The van der Waals surface area contributed by atoms with Crippen molar-refractivity contribution in [2.24, 2.45) is 5.73 Å². The maximum Gasteiger partial charge on any atom is 0.123 e. The molecule has 0 saturated carbocycles. The summed E-state index contributed by atoms with van der Waals surface area (Å²) < 4.78 is 5.30. The summed E-state index contributed by atoms with van der Waals surface area (Å²) in [6.07, 6.45) is 0. The van der Waals surface area contributed by atoms with Crippen LogP contribution < -0.4 is 10.5 Å². The fourth-order valence-electron chi connectivity index (χ4n) is 2.32. The predicted octanol–water partition coefficient (Wildman–Crippen LogP) is 3.37. The van der Waals surface area contributed by atoms with Crippen molar-refractivity contribution in [1.29, 1.82) is 0 Å². The molecule has 0 radical (unpaired) electrons. The number of aromatic nitrogens is 1. The topological polar surface area (TPSA) is 48.1 Å². The fraction of sp³-hybridized carbons (Fsp3) is 0.118. The minimum Gasteiger partial charge on any atom is -0.496 e. The lowest BCUT2D eigenvalue weighted by Gasteiger charge is -2.09. The maximum atomic E-state index is 5.76. The van der Waals surface area contributed by atoms with Crippen molar-refractivity contribution in [2.75, 3.05) is 7.11 Å². The number of pyridine rings is 1. The maximum absolute atomic E-state index is 5.76. The van der Waals surface area contributed by atoms with Gasteiger partial charge < -0.3 is 10.5 Å². The summed E-state index contributed by atoms with van der Waals surface area (Å²) in [5.41, 5.74) is 9.74. The Morgan fingerprint density at radius 3 is 2.70 bits per heavy atom. The van der Waals surface area contributed by atoms with Crippen LogP contribution in [-0.2, 0) is 6.54 Å². The third-order valence-corrected chi connectivity index (χ3v) is 3.39. The molecule has 2 N–H and O–H groups in total. The highest BCUT2D eigenvalue weighted by molar-refractivity contribution is 5.81. The van der Waals surface area contributed by atoms with Gasteiger partial charge in [-0.05, 0) is 30.3 Å². The number of hydrogen-bond donors (Lipinski definition) is 1. The van der Waals surface area contributed by atoms with Gasteiger partial charge in [-0.1, -0.05) is 24.3 Å². The van der Waals surface area contributed by atoms with E-state index in [9.17, 15) is 0 Å². The first-order valence-corrected chi connectivity index (χ1v) is 6.55. The van der Waals surface area contributed by atoms with E-state index in [1.807, 2.05) is 42.5 Å². The van der Waals surface area contributed by atoms with Gasteiger partial charge in [0.05, 0.1) is 18.3 Å². The van der Waals surface area contributed by atoms with Gasteiger partial charge in [-0.15, -0.1) is 0 Å². The number of ether oxygens (including phenoxy) is 1. The summed E-state index contributed by atoms with van der Waals surface area (Å²) in [6.45, 7) is 0.449. The molecule has 3 nitrogen and oxygen atoms in total. The molecule has 0 spiro atoms. The molecule has 0 bridgehead atoms. The Labute approximate surface area is 118 Å². The lowest BCUT2D eigenvalue weighted by Crippen LogP contribution is -2.00. The Balaban J connectivity index is 2.10.